The van der Waals surface area contributed by atoms with Crippen LogP contribution in [-0.2, 0) is 0 Å². The van der Waals surface area contributed by atoms with Gasteiger partial charge >= 0.3 is 5.63 Å². The van der Waals surface area contributed by atoms with Crippen LogP contribution >= 0.6 is 0 Å². The zero-order valence-electron chi connectivity index (χ0n) is 14.0. The lowest BCUT2D eigenvalue weighted by molar-refractivity contribution is 0.415. The van der Waals surface area contributed by atoms with Gasteiger partial charge in [0, 0.05) is 11.6 Å². The molecule has 0 radical (unpaired) electrons. The van der Waals surface area contributed by atoms with Gasteiger partial charge in [-0.25, -0.2) is 9.78 Å². The Bertz CT molecular complexity index is 1330. The lowest BCUT2D eigenvalue weighted by Crippen LogP contribution is -2.02. The van der Waals surface area contributed by atoms with Gasteiger partial charge in [0.05, 0.1) is 7.11 Å². The second-order valence-electron chi connectivity index (χ2n) is 6.07. The molecular weight excluding hydrogens is 328 g/mol. The van der Waals surface area contributed by atoms with Crippen molar-refractivity contribution in [1.29, 1.82) is 0 Å². The number of ether oxygens (including phenoxy) is 1. The first-order valence-corrected chi connectivity index (χ1v) is 8.23. The summed E-state index contributed by atoms with van der Waals surface area (Å²) in [4.78, 5) is 17.2. The molecule has 0 aliphatic heterocycles. The molecule has 0 atom stereocenters. The van der Waals surface area contributed by atoms with Gasteiger partial charge in [0.2, 0.25) is 0 Å². The first kappa shape index (κ1) is 14.7. The standard InChI is InChI=1S/C21H14N2O3/c1-25-15-9-6-13(7-10-15)14-8-11-18-22-19-16-4-2-3-5-17(16)26-21(24)20(19)23(18)12-14/h2-12H,1H3. The average molecular weight is 342 g/mol. The maximum absolute atomic E-state index is 12.6. The summed E-state index contributed by atoms with van der Waals surface area (Å²) in [6, 6.07) is 19.1. The van der Waals surface area contributed by atoms with E-state index >= 15 is 0 Å². The number of pyridine rings is 1. The first-order chi connectivity index (χ1) is 12.7. The molecule has 0 spiro atoms. The molecule has 0 saturated carbocycles. The molecule has 3 aromatic heterocycles. The van der Waals surface area contributed by atoms with Crippen molar-refractivity contribution < 1.29 is 9.15 Å². The number of methoxy groups -OCH3 is 1. The topological polar surface area (TPSA) is 56.7 Å². The van der Waals surface area contributed by atoms with Crippen molar-refractivity contribution in [2.75, 3.05) is 7.11 Å². The van der Waals surface area contributed by atoms with E-state index in [9.17, 15) is 4.79 Å². The Balaban J connectivity index is 1.81. The predicted molar refractivity (Wildman–Crippen MR) is 101 cm³/mol. The Morgan fingerprint density at radius 1 is 0.962 bits per heavy atom. The number of hydrogen-bond donors (Lipinski definition) is 0. The van der Waals surface area contributed by atoms with Crippen LogP contribution in [0.25, 0.3) is 38.8 Å². The fraction of sp³-hybridized carbons (Fsp3) is 0.0476. The third-order valence-electron chi connectivity index (χ3n) is 4.58. The molecule has 0 N–H and O–H groups in total. The van der Waals surface area contributed by atoms with Crippen LogP contribution in [0.5, 0.6) is 5.75 Å². The zero-order valence-corrected chi connectivity index (χ0v) is 14.0. The summed E-state index contributed by atoms with van der Waals surface area (Å²) in [5.74, 6) is 0.801. The SMILES string of the molecule is COc1ccc(-c2ccc3nc4c5ccccc5oc(=O)c4n3c2)cc1. The smallest absolute Gasteiger partial charge is 0.363 e. The van der Waals surface area contributed by atoms with Crippen LogP contribution in [0.4, 0.5) is 0 Å². The second-order valence-corrected chi connectivity index (χ2v) is 6.07. The van der Waals surface area contributed by atoms with Crippen molar-refractivity contribution in [2.45, 2.75) is 0 Å². The van der Waals surface area contributed by atoms with Gasteiger partial charge in [-0.1, -0.05) is 24.3 Å². The van der Waals surface area contributed by atoms with Crippen molar-refractivity contribution >= 4 is 27.6 Å². The van der Waals surface area contributed by atoms with E-state index in [1.807, 2.05) is 60.8 Å². The summed E-state index contributed by atoms with van der Waals surface area (Å²) in [5.41, 5.74) is 3.98. The summed E-state index contributed by atoms with van der Waals surface area (Å²) in [5, 5.41) is 0.830. The third kappa shape index (κ3) is 2.10. The summed E-state index contributed by atoms with van der Waals surface area (Å²) >= 11 is 0. The van der Waals surface area contributed by atoms with Crippen molar-refractivity contribution in [3.63, 3.8) is 0 Å². The number of fused-ring (bicyclic) bond motifs is 5. The Hall–Kier alpha value is -3.60. The maximum Gasteiger partial charge on any atom is 0.363 e. The van der Waals surface area contributed by atoms with Crippen LogP contribution in [0.2, 0.25) is 0 Å². The molecule has 0 aliphatic rings. The number of imidazole rings is 1. The number of rotatable bonds is 2. The molecule has 2 aromatic carbocycles. The number of para-hydroxylation sites is 1. The number of benzene rings is 2. The van der Waals surface area contributed by atoms with Crippen molar-refractivity contribution in [3.05, 3.63) is 77.3 Å². The van der Waals surface area contributed by atoms with E-state index in [1.54, 1.807) is 17.6 Å². The van der Waals surface area contributed by atoms with Gasteiger partial charge in [-0.2, -0.15) is 0 Å². The average Bonchev–Trinajstić information content (AvgIpc) is 3.08. The zero-order chi connectivity index (χ0) is 17.7. The van der Waals surface area contributed by atoms with Crippen LogP contribution in [0.15, 0.2) is 76.1 Å². The Morgan fingerprint density at radius 3 is 2.54 bits per heavy atom. The molecule has 0 aliphatic carbocycles. The maximum atomic E-state index is 12.6. The highest BCUT2D eigenvalue weighted by Gasteiger charge is 2.14. The predicted octanol–water partition coefficient (Wildman–Crippen LogP) is 4.27. The highest BCUT2D eigenvalue weighted by molar-refractivity contribution is 6.02. The first-order valence-electron chi connectivity index (χ1n) is 8.23. The molecule has 0 fully saturated rings. The summed E-state index contributed by atoms with van der Waals surface area (Å²) in [6.07, 6.45) is 1.91. The fourth-order valence-corrected chi connectivity index (χ4v) is 3.28. The van der Waals surface area contributed by atoms with Crippen molar-refractivity contribution in [2.24, 2.45) is 0 Å². The van der Waals surface area contributed by atoms with Gasteiger partial charge in [-0.05, 0) is 47.5 Å². The molecule has 126 valence electrons. The van der Waals surface area contributed by atoms with Gasteiger partial charge in [0.25, 0.3) is 0 Å². The molecule has 26 heavy (non-hydrogen) atoms. The Labute approximate surface area is 148 Å². The van der Waals surface area contributed by atoms with Crippen LogP contribution < -0.4 is 10.4 Å². The molecule has 5 rings (SSSR count). The lowest BCUT2D eigenvalue weighted by Gasteiger charge is -2.05. The van der Waals surface area contributed by atoms with E-state index in [0.717, 1.165) is 22.3 Å². The monoisotopic (exact) mass is 342 g/mol. The molecule has 0 bridgehead atoms. The molecule has 0 amide bonds. The van der Waals surface area contributed by atoms with Crippen LogP contribution in [0, 0.1) is 0 Å². The van der Waals surface area contributed by atoms with Crippen molar-refractivity contribution in [1.82, 2.24) is 9.38 Å². The molecular formula is C21H14N2O3. The molecule has 5 nitrogen and oxygen atoms in total. The third-order valence-corrected chi connectivity index (χ3v) is 4.58. The summed E-state index contributed by atoms with van der Waals surface area (Å²) in [7, 11) is 1.64. The van der Waals surface area contributed by atoms with Crippen LogP contribution in [0.1, 0.15) is 0 Å². The van der Waals surface area contributed by atoms with Gasteiger partial charge in [0.1, 0.15) is 22.5 Å². The summed E-state index contributed by atoms with van der Waals surface area (Å²) < 4.78 is 12.5. The Kier molecular flexibility index (Phi) is 3.09. The van der Waals surface area contributed by atoms with Gasteiger partial charge in [-0.3, -0.25) is 4.40 Å². The molecule has 5 heteroatoms. The highest BCUT2D eigenvalue weighted by Crippen LogP contribution is 2.27. The molecule has 5 aromatic rings. The minimum atomic E-state index is -0.391. The number of hydrogen-bond acceptors (Lipinski definition) is 4. The van der Waals surface area contributed by atoms with E-state index in [4.69, 9.17) is 9.15 Å². The van der Waals surface area contributed by atoms with Crippen LogP contribution in [0.3, 0.4) is 0 Å². The normalized spacial score (nSPS) is 11.4. The fourth-order valence-electron chi connectivity index (χ4n) is 3.28. The van der Waals surface area contributed by atoms with Gasteiger partial charge in [0.15, 0.2) is 5.52 Å². The van der Waals surface area contributed by atoms with E-state index in [1.165, 1.54) is 0 Å². The Morgan fingerprint density at radius 2 is 1.73 bits per heavy atom. The number of nitrogens with zero attached hydrogens (tertiary/aromatic N) is 2. The summed E-state index contributed by atoms with van der Waals surface area (Å²) in [6.45, 7) is 0. The van der Waals surface area contributed by atoms with E-state index in [0.29, 0.717) is 22.3 Å². The van der Waals surface area contributed by atoms with Gasteiger partial charge < -0.3 is 9.15 Å². The van der Waals surface area contributed by atoms with Crippen molar-refractivity contribution in [3.8, 4) is 16.9 Å². The number of aromatic nitrogens is 2. The molecule has 3 heterocycles. The minimum absolute atomic E-state index is 0.391. The minimum Gasteiger partial charge on any atom is -0.497 e. The second kappa shape index (κ2) is 5.46. The molecule has 0 saturated heterocycles. The lowest BCUT2D eigenvalue weighted by atomic mass is 10.1. The van der Waals surface area contributed by atoms with Crippen LogP contribution in [-0.4, -0.2) is 16.5 Å². The quantitative estimate of drug-likeness (QED) is 0.450. The molecule has 0 unspecified atom stereocenters. The van der Waals surface area contributed by atoms with E-state index in [-0.39, 0.29) is 0 Å². The highest BCUT2D eigenvalue weighted by atomic mass is 16.5. The van der Waals surface area contributed by atoms with E-state index < -0.39 is 5.63 Å². The van der Waals surface area contributed by atoms with E-state index in [2.05, 4.69) is 4.98 Å². The van der Waals surface area contributed by atoms with Gasteiger partial charge in [-0.15, -0.1) is 0 Å². The largest absolute Gasteiger partial charge is 0.497 e.